The lowest BCUT2D eigenvalue weighted by molar-refractivity contribution is 0.0600. The monoisotopic (exact) mass is 248 g/mol. The predicted molar refractivity (Wildman–Crippen MR) is 69.5 cm³/mol. The maximum Gasteiger partial charge on any atom is 0.337 e. The summed E-state index contributed by atoms with van der Waals surface area (Å²) < 4.78 is 4.65. The molecule has 0 aromatic heterocycles. The predicted octanol–water partition coefficient (Wildman–Crippen LogP) is 2.57. The molecule has 1 atom stereocenters. The van der Waals surface area contributed by atoms with Gasteiger partial charge in [-0.1, -0.05) is 25.0 Å². The van der Waals surface area contributed by atoms with Crippen molar-refractivity contribution >= 4 is 5.97 Å². The molecule has 1 aliphatic carbocycles. The van der Waals surface area contributed by atoms with Gasteiger partial charge in [0.2, 0.25) is 0 Å². The molecule has 98 valence electrons. The molecule has 0 heterocycles. The van der Waals surface area contributed by atoms with Crippen LogP contribution in [0.3, 0.4) is 0 Å². The van der Waals surface area contributed by atoms with Crippen LogP contribution in [0.4, 0.5) is 0 Å². The normalized spacial score (nSPS) is 17.7. The molecule has 1 aliphatic rings. The van der Waals surface area contributed by atoms with E-state index in [4.69, 9.17) is 0 Å². The first-order chi connectivity index (χ1) is 8.70. The zero-order valence-electron chi connectivity index (χ0n) is 10.8. The van der Waals surface area contributed by atoms with Crippen molar-refractivity contribution in [3.05, 3.63) is 35.4 Å². The van der Waals surface area contributed by atoms with E-state index in [1.807, 2.05) is 12.1 Å². The van der Waals surface area contributed by atoms with Gasteiger partial charge < -0.3 is 9.84 Å². The number of carbonyl (C=O) groups is 1. The molecule has 1 saturated carbocycles. The molecule has 0 unspecified atom stereocenters. The Morgan fingerprint density at radius 3 is 2.50 bits per heavy atom. The highest BCUT2D eigenvalue weighted by molar-refractivity contribution is 5.89. The first-order valence-corrected chi connectivity index (χ1v) is 6.56. The number of hydrogen-bond acceptors (Lipinski definition) is 3. The fourth-order valence-electron chi connectivity index (χ4n) is 2.65. The number of aliphatic hydroxyl groups excluding tert-OH is 1. The molecule has 18 heavy (non-hydrogen) atoms. The number of aliphatic hydroxyl groups is 1. The molecule has 0 saturated heterocycles. The van der Waals surface area contributed by atoms with Gasteiger partial charge in [-0.05, 0) is 42.9 Å². The van der Waals surface area contributed by atoms with Gasteiger partial charge in [0, 0.05) is 0 Å². The van der Waals surface area contributed by atoms with E-state index in [9.17, 15) is 9.90 Å². The Bertz CT molecular complexity index is 391. The summed E-state index contributed by atoms with van der Waals surface area (Å²) in [4.78, 5) is 11.3. The SMILES string of the molecule is COC(=O)c1ccc(C[C@@H](O)C2CCCC2)cc1. The molecule has 0 spiro atoms. The van der Waals surface area contributed by atoms with Crippen molar-refractivity contribution < 1.29 is 14.6 Å². The molecule has 1 aromatic rings. The smallest absolute Gasteiger partial charge is 0.337 e. The van der Waals surface area contributed by atoms with E-state index in [0.29, 0.717) is 17.9 Å². The maximum atomic E-state index is 11.3. The average molecular weight is 248 g/mol. The third-order valence-electron chi connectivity index (χ3n) is 3.76. The molecule has 3 nitrogen and oxygen atoms in total. The topological polar surface area (TPSA) is 46.5 Å². The van der Waals surface area contributed by atoms with Crippen molar-refractivity contribution in [3.8, 4) is 0 Å². The summed E-state index contributed by atoms with van der Waals surface area (Å²) in [5, 5.41) is 10.1. The lowest BCUT2D eigenvalue weighted by Gasteiger charge is -2.17. The highest BCUT2D eigenvalue weighted by Gasteiger charge is 2.23. The van der Waals surface area contributed by atoms with E-state index in [0.717, 1.165) is 18.4 Å². The van der Waals surface area contributed by atoms with Crippen molar-refractivity contribution in [2.24, 2.45) is 5.92 Å². The van der Waals surface area contributed by atoms with E-state index in [1.54, 1.807) is 12.1 Å². The van der Waals surface area contributed by atoms with Crippen LogP contribution in [0.25, 0.3) is 0 Å². The number of esters is 1. The van der Waals surface area contributed by atoms with Gasteiger partial charge in [-0.3, -0.25) is 0 Å². The lowest BCUT2D eigenvalue weighted by Crippen LogP contribution is -2.20. The van der Waals surface area contributed by atoms with Gasteiger partial charge in [-0.2, -0.15) is 0 Å². The van der Waals surface area contributed by atoms with E-state index in [2.05, 4.69) is 4.74 Å². The van der Waals surface area contributed by atoms with E-state index in [1.165, 1.54) is 20.0 Å². The molecule has 0 bridgehead atoms. The number of rotatable bonds is 4. The Balaban J connectivity index is 1.95. The molecular formula is C15H20O3. The van der Waals surface area contributed by atoms with Gasteiger partial charge in [0.15, 0.2) is 0 Å². The standard InChI is InChI=1S/C15H20O3/c1-18-15(17)13-8-6-11(7-9-13)10-14(16)12-4-2-3-5-12/h6-9,12,14,16H,2-5,10H2,1H3/t14-/m1/s1. The van der Waals surface area contributed by atoms with Gasteiger partial charge in [-0.25, -0.2) is 4.79 Å². The zero-order chi connectivity index (χ0) is 13.0. The van der Waals surface area contributed by atoms with Gasteiger partial charge in [0.1, 0.15) is 0 Å². The van der Waals surface area contributed by atoms with Crippen LogP contribution >= 0.6 is 0 Å². The lowest BCUT2D eigenvalue weighted by atomic mass is 9.94. The minimum absolute atomic E-state index is 0.253. The van der Waals surface area contributed by atoms with Gasteiger partial charge in [0.05, 0.1) is 18.8 Å². The third kappa shape index (κ3) is 3.10. The Morgan fingerprint density at radius 2 is 1.94 bits per heavy atom. The minimum Gasteiger partial charge on any atom is -0.465 e. The Morgan fingerprint density at radius 1 is 1.33 bits per heavy atom. The second kappa shape index (κ2) is 6.01. The number of ether oxygens (including phenoxy) is 1. The van der Waals surface area contributed by atoms with Crippen LogP contribution < -0.4 is 0 Å². The van der Waals surface area contributed by atoms with Gasteiger partial charge >= 0.3 is 5.97 Å². The van der Waals surface area contributed by atoms with Crippen molar-refractivity contribution in [1.29, 1.82) is 0 Å². The number of methoxy groups -OCH3 is 1. The summed E-state index contributed by atoms with van der Waals surface area (Å²) >= 11 is 0. The van der Waals surface area contributed by atoms with Crippen molar-refractivity contribution in [3.63, 3.8) is 0 Å². The first kappa shape index (κ1) is 13.1. The Labute approximate surface area is 108 Å². The fourth-order valence-corrected chi connectivity index (χ4v) is 2.65. The van der Waals surface area contributed by atoms with Crippen molar-refractivity contribution in [2.45, 2.75) is 38.2 Å². The third-order valence-corrected chi connectivity index (χ3v) is 3.76. The highest BCUT2D eigenvalue weighted by Crippen LogP contribution is 2.29. The molecular weight excluding hydrogens is 228 g/mol. The largest absolute Gasteiger partial charge is 0.465 e. The molecule has 0 amide bonds. The van der Waals surface area contributed by atoms with Crippen molar-refractivity contribution in [1.82, 2.24) is 0 Å². The number of hydrogen-bond donors (Lipinski definition) is 1. The van der Waals surface area contributed by atoms with Gasteiger partial charge in [-0.15, -0.1) is 0 Å². The summed E-state index contributed by atoms with van der Waals surface area (Å²) in [7, 11) is 1.38. The molecule has 1 fully saturated rings. The molecule has 1 N–H and O–H groups in total. The molecule has 2 rings (SSSR count). The summed E-state index contributed by atoms with van der Waals surface area (Å²) in [6.07, 6.45) is 5.18. The van der Waals surface area contributed by atoms with Crippen LogP contribution in [-0.2, 0) is 11.2 Å². The van der Waals surface area contributed by atoms with Crippen LogP contribution in [0.2, 0.25) is 0 Å². The van der Waals surface area contributed by atoms with E-state index < -0.39 is 0 Å². The molecule has 0 aliphatic heterocycles. The second-order valence-electron chi connectivity index (χ2n) is 5.00. The van der Waals surface area contributed by atoms with Crippen LogP contribution in [0.1, 0.15) is 41.6 Å². The minimum atomic E-state index is -0.321. The van der Waals surface area contributed by atoms with E-state index in [-0.39, 0.29) is 12.1 Å². The van der Waals surface area contributed by atoms with Crippen molar-refractivity contribution in [2.75, 3.05) is 7.11 Å². The van der Waals surface area contributed by atoms with Gasteiger partial charge in [0.25, 0.3) is 0 Å². The summed E-state index contributed by atoms with van der Waals surface area (Å²) in [6, 6.07) is 7.29. The second-order valence-corrected chi connectivity index (χ2v) is 5.00. The van der Waals surface area contributed by atoms with Crippen LogP contribution in [0.5, 0.6) is 0 Å². The fraction of sp³-hybridized carbons (Fsp3) is 0.533. The molecule has 3 heteroatoms. The quantitative estimate of drug-likeness (QED) is 0.833. The Hall–Kier alpha value is -1.35. The van der Waals surface area contributed by atoms with Crippen LogP contribution in [0.15, 0.2) is 24.3 Å². The highest BCUT2D eigenvalue weighted by atomic mass is 16.5. The number of carbonyl (C=O) groups excluding carboxylic acids is 1. The zero-order valence-corrected chi connectivity index (χ0v) is 10.8. The van der Waals surface area contributed by atoms with E-state index >= 15 is 0 Å². The average Bonchev–Trinajstić information content (AvgIpc) is 2.92. The number of benzene rings is 1. The van der Waals surface area contributed by atoms with Crippen LogP contribution in [0, 0.1) is 5.92 Å². The van der Waals surface area contributed by atoms with Crippen LogP contribution in [-0.4, -0.2) is 24.3 Å². The summed E-state index contributed by atoms with van der Waals surface area (Å²) in [5.41, 5.74) is 1.62. The summed E-state index contributed by atoms with van der Waals surface area (Å²) in [6.45, 7) is 0. The molecule has 1 aromatic carbocycles. The first-order valence-electron chi connectivity index (χ1n) is 6.56. The Kier molecular flexibility index (Phi) is 4.37. The molecule has 0 radical (unpaired) electrons. The maximum absolute atomic E-state index is 11.3. The summed E-state index contributed by atoms with van der Waals surface area (Å²) in [5.74, 6) is 0.128.